The van der Waals surface area contributed by atoms with E-state index in [2.05, 4.69) is 10.1 Å². The SMILES string of the molecule is COC(=O)CCNc1cccc(OC(C)C)c1[N+](=O)[O-]. The molecule has 0 spiro atoms. The van der Waals surface area contributed by atoms with Crippen LogP contribution in [0, 0.1) is 10.1 Å². The number of nitro groups is 1. The van der Waals surface area contributed by atoms with Crippen molar-refractivity contribution in [3.8, 4) is 5.75 Å². The standard InChI is InChI=1S/C13H18N2O5/c1-9(2)20-11-6-4-5-10(13(11)15(17)18)14-8-7-12(16)19-3/h4-6,9,14H,7-8H2,1-3H3. The molecule has 0 aromatic heterocycles. The predicted octanol–water partition coefficient (Wildman–Crippen LogP) is 2.36. The third kappa shape index (κ3) is 4.42. The summed E-state index contributed by atoms with van der Waals surface area (Å²) < 4.78 is 9.93. The van der Waals surface area contributed by atoms with Crippen LogP contribution in [0.25, 0.3) is 0 Å². The van der Waals surface area contributed by atoms with Crippen molar-refractivity contribution >= 4 is 17.3 Å². The molecular formula is C13H18N2O5. The Balaban J connectivity index is 2.89. The first-order chi connectivity index (χ1) is 9.45. The van der Waals surface area contributed by atoms with Crippen LogP contribution in [0.4, 0.5) is 11.4 Å². The highest BCUT2D eigenvalue weighted by Crippen LogP contribution is 2.35. The Hall–Kier alpha value is -2.31. The van der Waals surface area contributed by atoms with E-state index < -0.39 is 4.92 Å². The minimum atomic E-state index is -0.502. The molecule has 0 saturated heterocycles. The lowest BCUT2D eigenvalue weighted by molar-refractivity contribution is -0.385. The van der Waals surface area contributed by atoms with E-state index in [-0.39, 0.29) is 36.5 Å². The smallest absolute Gasteiger partial charge is 0.333 e. The fraction of sp³-hybridized carbons (Fsp3) is 0.462. The maximum Gasteiger partial charge on any atom is 0.333 e. The van der Waals surface area contributed by atoms with Crippen molar-refractivity contribution in [2.24, 2.45) is 0 Å². The van der Waals surface area contributed by atoms with Gasteiger partial charge in [-0.2, -0.15) is 0 Å². The number of hydrogen-bond acceptors (Lipinski definition) is 6. The number of carbonyl (C=O) groups is 1. The molecule has 0 amide bonds. The summed E-state index contributed by atoms with van der Waals surface area (Å²) in [7, 11) is 1.29. The first-order valence-electron chi connectivity index (χ1n) is 6.20. The van der Waals surface area contributed by atoms with Crippen LogP contribution >= 0.6 is 0 Å². The molecule has 1 aromatic rings. The molecule has 0 unspecified atom stereocenters. The van der Waals surface area contributed by atoms with Gasteiger partial charge in [0.05, 0.1) is 24.6 Å². The Morgan fingerprint density at radius 1 is 1.45 bits per heavy atom. The van der Waals surface area contributed by atoms with Crippen molar-refractivity contribution in [1.82, 2.24) is 0 Å². The van der Waals surface area contributed by atoms with Crippen LogP contribution in [0.2, 0.25) is 0 Å². The summed E-state index contributed by atoms with van der Waals surface area (Å²) in [6.45, 7) is 3.83. The third-order valence-electron chi connectivity index (χ3n) is 2.42. The molecule has 0 heterocycles. The van der Waals surface area contributed by atoms with E-state index in [1.807, 2.05) is 0 Å². The quantitative estimate of drug-likeness (QED) is 0.469. The molecule has 1 rings (SSSR count). The number of esters is 1. The van der Waals surface area contributed by atoms with Crippen LogP contribution in [0.3, 0.4) is 0 Å². The molecule has 1 N–H and O–H groups in total. The summed E-state index contributed by atoms with van der Waals surface area (Å²) in [5.74, 6) is -0.178. The average Bonchev–Trinajstić information content (AvgIpc) is 2.37. The van der Waals surface area contributed by atoms with Gasteiger partial charge in [0.15, 0.2) is 5.75 Å². The lowest BCUT2D eigenvalue weighted by Gasteiger charge is -2.13. The predicted molar refractivity (Wildman–Crippen MR) is 74.0 cm³/mol. The van der Waals surface area contributed by atoms with E-state index in [1.165, 1.54) is 7.11 Å². The summed E-state index contributed by atoms with van der Waals surface area (Å²) >= 11 is 0. The summed E-state index contributed by atoms with van der Waals surface area (Å²) in [5.41, 5.74) is 0.183. The number of methoxy groups -OCH3 is 1. The van der Waals surface area contributed by atoms with Crippen molar-refractivity contribution in [1.29, 1.82) is 0 Å². The van der Waals surface area contributed by atoms with E-state index in [4.69, 9.17) is 4.74 Å². The maximum atomic E-state index is 11.2. The zero-order chi connectivity index (χ0) is 15.1. The van der Waals surface area contributed by atoms with Gasteiger partial charge in [-0.25, -0.2) is 0 Å². The number of anilines is 1. The third-order valence-corrected chi connectivity index (χ3v) is 2.42. The number of ether oxygens (including phenoxy) is 2. The van der Waals surface area contributed by atoms with Gasteiger partial charge in [0.2, 0.25) is 0 Å². The largest absolute Gasteiger partial charge is 0.484 e. The highest BCUT2D eigenvalue weighted by Gasteiger charge is 2.21. The molecule has 0 bridgehead atoms. The second-order valence-electron chi connectivity index (χ2n) is 4.33. The molecule has 0 aliphatic rings. The lowest BCUT2D eigenvalue weighted by atomic mass is 10.2. The maximum absolute atomic E-state index is 11.2. The lowest BCUT2D eigenvalue weighted by Crippen LogP contribution is -2.12. The van der Waals surface area contributed by atoms with Gasteiger partial charge in [0, 0.05) is 6.54 Å². The van der Waals surface area contributed by atoms with Crippen LogP contribution in [-0.4, -0.2) is 30.7 Å². The Kier molecular flexibility index (Phi) is 5.76. The second-order valence-corrected chi connectivity index (χ2v) is 4.33. The molecule has 0 aliphatic carbocycles. The highest BCUT2D eigenvalue weighted by molar-refractivity contribution is 5.72. The number of hydrogen-bond donors (Lipinski definition) is 1. The molecule has 0 fully saturated rings. The van der Waals surface area contributed by atoms with Crippen LogP contribution < -0.4 is 10.1 Å². The normalized spacial score (nSPS) is 10.2. The molecule has 7 heteroatoms. The van der Waals surface area contributed by atoms with E-state index in [1.54, 1.807) is 32.0 Å². The number of nitrogens with zero attached hydrogens (tertiary/aromatic N) is 1. The monoisotopic (exact) mass is 282 g/mol. The fourth-order valence-corrected chi connectivity index (χ4v) is 1.60. The molecule has 7 nitrogen and oxygen atoms in total. The van der Waals surface area contributed by atoms with E-state index in [0.717, 1.165) is 0 Å². The molecule has 20 heavy (non-hydrogen) atoms. The van der Waals surface area contributed by atoms with Crippen LogP contribution in [-0.2, 0) is 9.53 Å². The number of nitrogens with one attached hydrogen (secondary N) is 1. The first-order valence-corrected chi connectivity index (χ1v) is 6.20. The number of para-hydroxylation sites is 1. The fourth-order valence-electron chi connectivity index (χ4n) is 1.60. The van der Waals surface area contributed by atoms with Gasteiger partial charge in [0.1, 0.15) is 5.69 Å². The Morgan fingerprint density at radius 3 is 2.70 bits per heavy atom. The van der Waals surface area contributed by atoms with Crippen LogP contribution in [0.15, 0.2) is 18.2 Å². The molecule has 0 aliphatic heterocycles. The zero-order valence-corrected chi connectivity index (χ0v) is 11.7. The topological polar surface area (TPSA) is 90.7 Å². The van der Waals surface area contributed by atoms with Crippen molar-refractivity contribution in [3.63, 3.8) is 0 Å². The van der Waals surface area contributed by atoms with E-state index in [9.17, 15) is 14.9 Å². The first kappa shape index (κ1) is 15.7. The summed E-state index contributed by atoms with van der Waals surface area (Å²) in [6.07, 6.45) is -0.0397. The molecular weight excluding hydrogens is 264 g/mol. The summed E-state index contributed by atoms with van der Waals surface area (Å²) in [6, 6.07) is 4.78. The molecule has 0 radical (unpaired) electrons. The van der Waals surface area contributed by atoms with Gasteiger partial charge in [-0.05, 0) is 26.0 Å². The number of carbonyl (C=O) groups excluding carboxylic acids is 1. The summed E-state index contributed by atoms with van der Waals surface area (Å²) in [5, 5.41) is 14.0. The van der Waals surface area contributed by atoms with Gasteiger partial charge in [0.25, 0.3) is 0 Å². The van der Waals surface area contributed by atoms with Gasteiger partial charge in [-0.1, -0.05) is 6.07 Å². The average molecular weight is 282 g/mol. The number of nitro benzene ring substituents is 1. The highest BCUT2D eigenvalue weighted by atomic mass is 16.6. The van der Waals surface area contributed by atoms with E-state index >= 15 is 0 Å². The van der Waals surface area contributed by atoms with Crippen molar-refractivity contribution in [2.75, 3.05) is 19.0 Å². The number of rotatable bonds is 7. The zero-order valence-electron chi connectivity index (χ0n) is 11.7. The van der Waals surface area contributed by atoms with Crippen molar-refractivity contribution < 1.29 is 19.2 Å². The Bertz CT molecular complexity index is 488. The van der Waals surface area contributed by atoms with Crippen LogP contribution in [0.1, 0.15) is 20.3 Å². The minimum Gasteiger partial charge on any atom is -0.484 e. The molecule has 0 saturated carbocycles. The Morgan fingerprint density at radius 2 is 2.15 bits per heavy atom. The Labute approximate surface area is 117 Å². The van der Waals surface area contributed by atoms with Gasteiger partial charge < -0.3 is 14.8 Å². The molecule has 1 aromatic carbocycles. The number of benzene rings is 1. The molecule has 0 atom stereocenters. The minimum absolute atomic E-state index is 0.128. The second kappa shape index (κ2) is 7.32. The molecule has 110 valence electrons. The van der Waals surface area contributed by atoms with Gasteiger partial charge >= 0.3 is 11.7 Å². The van der Waals surface area contributed by atoms with Gasteiger partial charge in [-0.15, -0.1) is 0 Å². The van der Waals surface area contributed by atoms with Crippen LogP contribution in [0.5, 0.6) is 5.75 Å². The van der Waals surface area contributed by atoms with Crippen molar-refractivity contribution in [3.05, 3.63) is 28.3 Å². The summed E-state index contributed by atoms with van der Waals surface area (Å²) in [4.78, 5) is 21.7. The van der Waals surface area contributed by atoms with Crippen molar-refractivity contribution in [2.45, 2.75) is 26.4 Å². The van der Waals surface area contributed by atoms with Gasteiger partial charge in [-0.3, -0.25) is 14.9 Å². The van der Waals surface area contributed by atoms with E-state index in [0.29, 0.717) is 5.69 Å².